The van der Waals surface area contributed by atoms with E-state index in [9.17, 15) is 4.79 Å². The Bertz CT molecular complexity index is 1450. The molecule has 8 heteroatoms. The Balaban J connectivity index is 1.42. The third-order valence-electron chi connectivity index (χ3n) is 5.48. The first-order chi connectivity index (χ1) is 17.2. The third-order valence-corrected chi connectivity index (χ3v) is 5.48. The van der Waals surface area contributed by atoms with Crippen LogP contribution in [0.3, 0.4) is 0 Å². The highest BCUT2D eigenvalue weighted by Gasteiger charge is 2.14. The van der Waals surface area contributed by atoms with Gasteiger partial charge in [0.25, 0.3) is 11.7 Å². The van der Waals surface area contributed by atoms with E-state index in [1.807, 2.05) is 66.7 Å². The quantitative estimate of drug-likeness (QED) is 0.343. The molecule has 0 aliphatic heterocycles. The Hall–Kier alpha value is -4.59. The van der Waals surface area contributed by atoms with Crippen molar-refractivity contribution in [1.82, 2.24) is 29.9 Å². The van der Waals surface area contributed by atoms with Crippen LogP contribution in [0, 0.1) is 0 Å². The number of nitrogens with one attached hydrogen (secondary N) is 2. The summed E-state index contributed by atoms with van der Waals surface area (Å²) in [4.78, 5) is 26.2. The zero-order chi connectivity index (χ0) is 24.0. The molecule has 0 spiro atoms. The first-order valence-corrected chi connectivity index (χ1v) is 11.6. The fourth-order valence-electron chi connectivity index (χ4n) is 3.77. The third kappa shape index (κ3) is 5.16. The Morgan fingerprint density at radius 2 is 1.86 bits per heavy atom. The summed E-state index contributed by atoms with van der Waals surface area (Å²) in [7, 11) is 0. The molecule has 0 atom stereocenters. The Labute approximate surface area is 203 Å². The van der Waals surface area contributed by atoms with E-state index in [-0.39, 0.29) is 5.91 Å². The molecule has 0 unspecified atom stereocenters. The van der Waals surface area contributed by atoms with Crippen LogP contribution in [-0.4, -0.2) is 30.5 Å². The number of benzene rings is 2. The van der Waals surface area contributed by atoms with Crippen molar-refractivity contribution in [3.05, 3.63) is 102 Å². The SMILES string of the molecule is CCCc1cc(Nc2cccc(C(=O)NCc3ccccc3)c2)n2nc(-c3cccnc3)nc2n1. The molecule has 0 aliphatic rings. The van der Waals surface area contributed by atoms with Crippen LogP contribution < -0.4 is 10.6 Å². The van der Waals surface area contributed by atoms with E-state index in [1.54, 1.807) is 23.0 Å². The second-order valence-corrected chi connectivity index (χ2v) is 8.15. The van der Waals surface area contributed by atoms with E-state index in [0.29, 0.717) is 23.7 Å². The molecule has 0 fully saturated rings. The van der Waals surface area contributed by atoms with Crippen LogP contribution in [0.25, 0.3) is 17.2 Å². The molecule has 2 N–H and O–H groups in total. The van der Waals surface area contributed by atoms with Gasteiger partial charge in [-0.2, -0.15) is 9.50 Å². The van der Waals surface area contributed by atoms with Crippen molar-refractivity contribution in [3.8, 4) is 11.4 Å². The van der Waals surface area contributed by atoms with Crippen molar-refractivity contribution in [2.45, 2.75) is 26.3 Å². The molecule has 1 amide bonds. The van der Waals surface area contributed by atoms with E-state index in [1.165, 1.54) is 0 Å². The van der Waals surface area contributed by atoms with Crippen LogP contribution in [-0.2, 0) is 13.0 Å². The number of carbonyl (C=O) groups is 1. The summed E-state index contributed by atoms with van der Waals surface area (Å²) in [6, 6.07) is 23.0. The zero-order valence-corrected chi connectivity index (χ0v) is 19.3. The fourth-order valence-corrected chi connectivity index (χ4v) is 3.77. The van der Waals surface area contributed by atoms with Crippen LogP contribution in [0.2, 0.25) is 0 Å². The van der Waals surface area contributed by atoms with Gasteiger partial charge in [0.2, 0.25) is 0 Å². The van der Waals surface area contributed by atoms with Crippen molar-refractivity contribution in [3.63, 3.8) is 0 Å². The zero-order valence-electron chi connectivity index (χ0n) is 19.3. The minimum atomic E-state index is -0.135. The van der Waals surface area contributed by atoms with E-state index < -0.39 is 0 Å². The van der Waals surface area contributed by atoms with Crippen molar-refractivity contribution in [2.24, 2.45) is 0 Å². The lowest BCUT2D eigenvalue weighted by molar-refractivity contribution is 0.0951. The van der Waals surface area contributed by atoms with E-state index >= 15 is 0 Å². The molecular formula is C27H25N7O. The summed E-state index contributed by atoms with van der Waals surface area (Å²) in [6.45, 7) is 2.58. The predicted octanol–water partition coefficient (Wildman–Crippen LogP) is 4.81. The highest BCUT2D eigenvalue weighted by Crippen LogP contribution is 2.22. The molecule has 2 aromatic carbocycles. The lowest BCUT2D eigenvalue weighted by atomic mass is 10.1. The van der Waals surface area contributed by atoms with Gasteiger partial charge in [0, 0.05) is 47.5 Å². The smallest absolute Gasteiger partial charge is 0.254 e. The number of aryl methyl sites for hydroxylation is 1. The first kappa shape index (κ1) is 22.2. The van der Waals surface area contributed by atoms with E-state index in [2.05, 4.69) is 37.6 Å². The molecule has 35 heavy (non-hydrogen) atoms. The van der Waals surface area contributed by atoms with Crippen molar-refractivity contribution >= 4 is 23.2 Å². The molecule has 8 nitrogen and oxygen atoms in total. The summed E-state index contributed by atoms with van der Waals surface area (Å²) in [5.74, 6) is 1.65. The van der Waals surface area contributed by atoms with Gasteiger partial charge in [-0.1, -0.05) is 49.7 Å². The number of nitrogens with zero attached hydrogens (tertiary/aromatic N) is 5. The minimum Gasteiger partial charge on any atom is -0.348 e. The summed E-state index contributed by atoms with van der Waals surface area (Å²) in [5.41, 5.74) is 4.13. The number of aromatic nitrogens is 5. The summed E-state index contributed by atoms with van der Waals surface area (Å²) in [6.07, 6.45) is 5.23. The number of carbonyl (C=O) groups excluding carboxylic acids is 1. The number of anilines is 2. The van der Waals surface area contributed by atoms with Gasteiger partial charge in [-0.05, 0) is 42.3 Å². The molecule has 5 aromatic rings. The van der Waals surface area contributed by atoms with Gasteiger partial charge < -0.3 is 10.6 Å². The van der Waals surface area contributed by atoms with Crippen molar-refractivity contribution < 1.29 is 4.79 Å². The molecule has 0 radical (unpaired) electrons. The molecule has 0 saturated carbocycles. The van der Waals surface area contributed by atoms with E-state index in [4.69, 9.17) is 0 Å². The fraction of sp³-hybridized carbons (Fsp3) is 0.148. The van der Waals surface area contributed by atoms with Gasteiger partial charge in [-0.25, -0.2) is 4.98 Å². The standard InChI is InChI=1S/C27H25N7O/c1-2-8-22-16-24(34-27(31-22)32-25(33-34)21-12-7-14-28-18-21)30-23-13-6-11-20(15-23)26(35)29-17-19-9-4-3-5-10-19/h3-7,9-16,18,30H,2,8,17H2,1H3,(H,29,35). The molecule has 174 valence electrons. The maximum Gasteiger partial charge on any atom is 0.254 e. The number of fused-ring (bicyclic) bond motifs is 1. The number of hydrogen-bond donors (Lipinski definition) is 2. The molecular weight excluding hydrogens is 438 g/mol. The highest BCUT2D eigenvalue weighted by molar-refractivity contribution is 5.95. The van der Waals surface area contributed by atoms with Gasteiger partial charge in [0.15, 0.2) is 5.82 Å². The molecule has 3 aromatic heterocycles. The van der Waals surface area contributed by atoms with Gasteiger partial charge in [0.1, 0.15) is 5.82 Å². The average Bonchev–Trinajstić information content (AvgIpc) is 3.33. The van der Waals surface area contributed by atoms with Gasteiger partial charge in [0.05, 0.1) is 0 Å². The number of pyridine rings is 1. The Morgan fingerprint density at radius 1 is 0.971 bits per heavy atom. The van der Waals surface area contributed by atoms with Crippen LogP contribution in [0.1, 0.15) is 35.0 Å². The van der Waals surface area contributed by atoms with Gasteiger partial charge in [-0.15, -0.1) is 5.10 Å². The van der Waals surface area contributed by atoms with Crippen LogP contribution in [0.4, 0.5) is 11.5 Å². The molecule has 0 aliphatic carbocycles. The number of amides is 1. The lowest BCUT2D eigenvalue weighted by Gasteiger charge is -2.11. The summed E-state index contributed by atoms with van der Waals surface area (Å²) >= 11 is 0. The van der Waals surface area contributed by atoms with Crippen molar-refractivity contribution in [1.29, 1.82) is 0 Å². The maximum atomic E-state index is 12.8. The summed E-state index contributed by atoms with van der Waals surface area (Å²) < 4.78 is 1.68. The summed E-state index contributed by atoms with van der Waals surface area (Å²) in [5, 5.41) is 11.0. The molecule has 5 rings (SSSR count). The molecule has 3 heterocycles. The Morgan fingerprint density at radius 3 is 2.66 bits per heavy atom. The first-order valence-electron chi connectivity index (χ1n) is 11.6. The Kier molecular flexibility index (Phi) is 6.43. The largest absolute Gasteiger partial charge is 0.348 e. The average molecular weight is 464 g/mol. The lowest BCUT2D eigenvalue weighted by Crippen LogP contribution is -2.22. The normalized spacial score (nSPS) is 10.9. The highest BCUT2D eigenvalue weighted by atomic mass is 16.1. The van der Waals surface area contributed by atoms with Gasteiger partial charge in [-0.3, -0.25) is 9.78 Å². The van der Waals surface area contributed by atoms with Crippen LogP contribution in [0.5, 0.6) is 0 Å². The van der Waals surface area contributed by atoms with Crippen molar-refractivity contribution in [2.75, 3.05) is 5.32 Å². The monoisotopic (exact) mass is 463 g/mol. The predicted molar refractivity (Wildman–Crippen MR) is 135 cm³/mol. The topological polar surface area (TPSA) is 97.1 Å². The molecule has 0 bridgehead atoms. The minimum absolute atomic E-state index is 0.135. The maximum absolute atomic E-state index is 12.8. The number of rotatable bonds is 8. The van der Waals surface area contributed by atoms with Crippen LogP contribution in [0.15, 0.2) is 85.2 Å². The second-order valence-electron chi connectivity index (χ2n) is 8.15. The molecule has 0 saturated heterocycles. The van der Waals surface area contributed by atoms with Crippen LogP contribution >= 0.6 is 0 Å². The number of hydrogen-bond acceptors (Lipinski definition) is 6. The second kappa shape index (κ2) is 10.1. The van der Waals surface area contributed by atoms with Gasteiger partial charge >= 0.3 is 0 Å². The van der Waals surface area contributed by atoms with E-state index in [0.717, 1.165) is 41.2 Å².